The second-order valence-corrected chi connectivity index (χ2v) is 4.65. The summed E-state index contributed by atoms with van der Waals surface area (Å²) in [6, 6.07) is 8.26. The van der Waals surface area contributed by atoms with Crippen LogP contribution in [0.4, 0.5) is 11.4 Å². The summed E-state index contributed by atoms with van der Waals surface area (Å²) in [4.78, 5) is 24.9. The Labute approximate surface area is 110 Å². The maximum atomic E-state index is 12.5. The molecule has 4 nitrogen and oxygen atoms in total. The van der Waals surface area contributed by atoms with Gasteiger partial charge in [0.2, 0.25) is 0 Å². The number of hydrogen-bond acceptors (Lipinski definition) is 4. The van der Waals surface area contributed by atoms with E-state index in [4.69, 9.17) is 11.5 Å². The van der Waals surface area contributed by atoms with Crippen LogP contribution in [0.1, 0.15) is 37.4 Å². The van der Waals surface area contributed by atoms with Crippen molar-refractivity contribution in [3.05, 3.63) is 58.1 Å². The minimum atomic E-state index is -0.241. The van der Waals surface area contributed by atoms with Crippen LogP contribution in [0.5, 0.6) is 0 Å². The largest absolute Gasteiger partial charge is 0.398 e. The molecule has 0 radical (unpaired) electrons. The number of ketones is 2. The lowest BCUT2D eigenvalue weighted by Gasteiger charge is -2.20. The molecule has 94 valence electrons. The number of rotatable bonds is 0. The van der Waals surface area contributed by atoms with Gasteiger partial charge < -0.3 is 11.5 Å². The molecule has 0 aliphatic heterocycles. The van der Waals surface area contributed by atoms with E-state index in [9.17, 15) is 9.59 Å². The Morgan fingerprint density at radius 3 is 2.21 bits per heavy atom. The molecule has 0 spiro atoms. The van der Waals surface area contributed by atoms with Gasteiger partial charge in [-0.15, -0.1) is 0 Å². The summed E-state index contributed by atoms with van der Waals surface area (Å²) >= 11 is 0. The fourth-order valence-electron chi connectivity index (χ4n) is 2.44. The zero-order chi connectivity index (χ0) is 13.7. The number of aryl methyl sites for hydroxylation is 1. The predicted molar refractivity (Wildman–Crippen MR) is 73.3 cm³/mol. The Kier molecular flexibility index (Phi) is 2.22. The molecule has 0 fully saturated rings. The van der Waals surface area contributed by atoms with Crippen molar-refractivity contribution in [1.29, 1.82) is 0 Å². The van der Waals surface area contributed by atoms with Gasteiger partial charge in [0, 0.05) is 22.5 Å². The van der Waals surface area contributed by atoms with Crippen molar-refractivity contribution in [2.45, 2.75) is 6.92 Å². The highest BCUT2D eigenvalue weighted by molar-refractivity contribution is 6.31. The van der Waals surface area contributed by atoms with Crippen molar-refractivity contribution in [1.82, 2.24) is 0 Å². The maximum absolute atomic E-state index is 12.5. The van der Waals surface area contributed by atoms with E-state index in [0.717, 1.165) is 5.56 Å². The molecular formula is C15H12N2O2. The van der Waals surface area contributed by atoms with Crippen LogP contribution < -0.4 is 11.5 Å². The zero-order valence-corrected chi connectivity index (χ0v) is 10.4. The first-order chi connectivity index (χ1) is 9.02. The number of benzene rings is 2. The quantitative estimate of drug-likeness (QED) is 0.598. The predicted octanol–water partition coefficient (Wildman–Crippen LogP) is 1.93. The van der Waals surface area contributed by atoms with Gasteiger partial charge >= 0.3 is 0 Å². The van der Waals surface area contributed by atoms with Crippen molar-refractivity contribution < 1.29 is 9.59 Å². The monoisotopic (exact) mass is 252 g/mol. The SMILES string of the molecule is Cc1ccc2c(c1N)C(=O)c1cccc(N)c1C2=O. The van der Waals surface area contributed by atoms with Gasteiger partial charge in [0.05, 0.1) is 11.1 Å². The molecule has 2 aromatic carbocycles. The Morgan fingerprint density at radius 1 is 0.842 bits per heavy atom. The van der Waals surface area contributed by atoms with Gasteiger partial charge in [-0.3, -0.25) is 9.59 Å². The van der Waals surface area contributed by atoms with E-state index in [0.29, 0.717) is 28.1 Å². The van der Waals surface area contributed by atoms with Crippen molar-refractivity contribution in [3.63, 3.8) is 0 Å². The molecule has 0 amide bonds. The third-order valence-electron chi connectivity index (χ3n) is 3.50. The van der Waals surface area contributed by atoms with E-state index in [2.05, 4.69) is 0 Å². The van der Waals surface area contributed by atoms with Crippen LogP contribution in [-0.2, 0) is 0 Å². The maximum Gasteiger partial charge on any atom is 0.196 e. The van der Waals surface area contributed by atoms with E-state index >= 15 is 0 Å². The standard InChI is InChI=1S/C15H12N2O2/c1-7-5-6-9-12(13(7)17)15(19)8-3-2-4-10(16)11(8)14(9)18/h2-6H,16-17H2,1H3. The summed E-state index contributed by atoms with van der Waals surface area (Å²) in [6.45, 7) is 1.81. The summed E-state index contributed by atoms with van der Waals surface area (Å²) < 4.78 is 0. The lowest BCUT2D eigenvalue weighted by atomic mass is 9.81. The highest BCUT2D eigenvalue weighted by atomic mass is 16.1. The first-order valence-corrected chi connectivity index (χ1v) is 5.89. The molecule has 0 bridgehead atoms. The summed E-state index contributed by atoms with van der Waals surface area (Å²) in [5.74, 6) is -0.479. The normalized spacial score (nSPS) is 13.1. The lowest BCUT2D eigenvalue weighted by molar-refractivity contribution is 0.0980. The van der Waals surface area contributed by atoms with Crippen molar-refractivity contribution >= 4 is 22.9 Å². The number of nitrogen functional groups attached to an aromatic ring is 2. The number of carbonyl (C=O) groups is 2. The Morgan fingerprint density at radius 2 is 1.47 bits per heavy atom. The molecule has 1 aliphatic rings. The van der Waals surface area contributed by atoms with Crippen LogP contribution in [0.15, 0.2) is 30.3 Å². The summed E-state index contributed by atoms with van der Waals surface area (Å²) in [5, 5.41) is 0. The van der Waals surface area contributed by atoms with Crippen LogP contribution in [0, 0.1) is 6.92 Å². The van der Waals surface area contributed by atoms with Gasteiger partial charge in [-0.25, -0.2) is 0 Å². The highest BCUT2D eigenvalue weighted by Gasteiger charge is 2.32. The van der Waals surface area contributed by atoms with E-state index in [1.807, 2.05) is 6.92 Å². The molecule has 0 unspecified atom stereocenters. The highest BCUT2D eigenvalue weighted by Crippen LogP contribution is 2.34. The molecule has 19 heavy (non-hydrogen) atoms. The van der Waals surface area contributed by atoms with Crippen LogP contribution in [0.2, 0.25) is 0 Å². The lowest BCUT2D eigenvalue weighted by Crippen LogP contribution is -2.24. The van der Waals surface area contributed by atoms with Crippen molar-refractivity contribution in [2.24, 2.45) is 0 Å². The fraction of sp³-hybridized carbons (Fsp3) is 0.0667. The molecular weight excluding hydrogens is 240 g/mol. The number of hydrogen-bond donors (Lipinski definition) is 2. The number of anilines is 2. The van der Waals surface area contributed by atoms with Gasteiger partial charge in [-0.05, 0) is 24.6 Å². The average Bonchev–Trinajstić information content (AvgIpc) is 2.39. The molecule has 3 rings (SSSR count). The molecule has 0 atom stereocenters. The van der Waals surface area contributed by atoms with E-state index < -0.39 is 0 Å². The molecule has 4 N–H and O–H groups in total. The minimum Gasteiger partial charge on any atom is -0.398 e. The fourth-order valence-corrected chi connectivity index (χ4v) is 2.44. The number of carbonyl (C=O) groups excluding carboxylic acids is 2. The number of nitrogens with two attached hydrogens (primary N) is 2. The third kappa shape index (κ3) is 1.40. The van der Waals surface area contributed by atoms with Gasteiger partial charge in [-0.1, -0.05) is 18.2 Å². The molecule has 0 heterocycles. The Hall–Kier alpha value is -2.62. The van der Waals surface area contributed by atoms with Gasteiger partial charge in [0.25, 0.3) is 0 Å². The molecule has 0 aromatic heterocycles. The molecule has 0 saturated carbocycles. The first kappa shape index (κ1) is 11.5. The van der Waals surface area contributed by atoms with Crippen molar-refractivity contribution in [3.8, 4) is 0 Å². The topological polar surface area (TPSA) is 86.2 Å². The smallest absolute Gasteiger partial charge is 0.196 e. The van der Waals surface area contributed by atoms with E-state index in [1.165, 1.54) is 0 Å². The number of fused-ring (bicyclic) bond motifs is 2. The molecule has 2 aromatic rings. The molecule has 1 aliphatic carbocycles. The van der Waals surface area contributed by atoms with Gasteiger partial charge in [0.1, 0.15) is 0 Å². The van der Waals surface area contributed by atoms with Gasteiger partial charge in [0.15, 0.2) is 11.6 Å². The van der Waals surface area contributed by atoms with Crippen LogP contribution >= 0.6 is 0 Å². The molecule has 4 heteroatoms. The van der Waals surface area contributed by atoms with E-state index in [-0.39, 0.29) is 17.1 Å². The van der Waals surface area contributed by atoms with Crippen LogP contribution in [0.3, 0.4) is 0 Å². The zero-order valence-electron chi connectivity index (χ0n) is 10.4. The minimum absolute atomic E-state index is 0.238. The Balaban J connectivity index is 2.40. The summed E-state index contributed by atoms with van der Waals surface area (Å²) in [5.41, 5.74) is 14.5. The first-order valence-electron chi connectivity index (χ1n) is 5.89. The second kappa shape index (κ2) is 3.68. The van der Waals surface area contributed by atoms with E-state index in [1.54, 1.807) is 30.3 Å². The van der Waals surface area contributed by atoms with Crippen LogP contribution in [0.25, 0.3) is 0 Å². The average molecular weight is 252 g/mol. The summed E-state index contributed by atoms with van der Waals surface area (Å²) in [7, 11) is 0. The summed E-state index contributed by atoms with van der Waals surface area (Å²) in [6.07, 6.45) is 0. The Bertz CT molecular complexity index is 748. The third-order valence-corrected chi connectivity index (χ3v) is 3.50. The molecule has 0 saturated heterocycles. The van der Waals surface area contributed by atoms with Gasteiger partial charge in [-0.2, -0.15) is 0 Å². The van der Waals surface area contributed by atoms with Crippen molar-refractivity contribution in [2.75, 3.05) is 11.5 Å². The second-order valence-electron chi connectivity index (χ2n) is 4.65. The van der Waals surface area contributed by atoms with Crippen LogP contribution in [-0.4, -0.2) is 11.6 Å².